The topological polar surface area (TPSA) is 75.3 Å². The first-order valence-electron chi connectivity index (χ1n) is 5.55. The van der Waals surface area contributed by atoms with Gasteiger partial charge in [-0.1, -0.05) is 18.2 Å². The predicted octanol–water partition coefficient (Wildman–Crippen LogP) is 0.500. The Morgan fingerprint density at radius 2 is 1.94 bits per heavy atom. The van der Waals surface area contributed by atoms with Gasteiger partial charge < -0.3 is 0 Å². The third-order valence-electron chi connectivity index (χ3n) is 3.38. The molecule has 0 aromatic rings. The van der Waals surface area contributed by atoms with E-state index in [1.54, 1.807) is 6.08 Å². The molecule has 2 aliphatic rings. The normalized spacial score (nSPS) is 25.1. The maximum atomic E-state index is 12.0. The second kappa shape index (κ2) is 5.82. The standard InChI is InChI=1S/C12H14N2O3.Na/c1-2-7-12(8-5-3-4-6-8)9(15)13-11(17)14-10(12)16;/h2-3,5,8H,1,4,6-7H2,(H2,13,14,15,16,17);. The minimum absolute atomic E-state index is 0. The van der Waals surface area contributed by atoms with Gasteiger partial charge in [-0.05, 0) is 19.3 Å². The third kappa shape index (κ3) is 2.30. The quantitative estimate of drug-likeness (QED) is 0.439. The number of urea groups is 1. The van der Waals surface area contributed by atoms with Crippen LogP contribution in [0.5, 0.6) is 0 Å². The van der Waals surface area contributed by atoms with E-state index < -0.39 is 23.3 Å². The maximum absolute atomic E-state index is 12.0. The van der Waals surface area contributed by atoms with Crippen LogP contribution in [0.15, 0.2) is 24.8 Å². The zero-order chi connectivity index (χ0) is 12.5. The van der Waals surface area contributed by atoms with E-state index in [1.165, 1.54) is 0 Å². The van der Waals surface area contributed by atoms with Gasteiger partial charge in [-0.25, -0.2) is 4.79 Å². The van der Waals surface area contributed by atoms with Gasteiger partial charge in [0.25, 0.3) is 0 Å². The molecule has 1 aliphatic carbocycles. The van der Waals surface area contributed by atoms with Crippen molar-refractivity contribution >= 4 is 47.4 Å². The molecule has 0 saturated carbocycles. The predicted molar refractivity (Wildman–Crippen MR) is 66.5 cm³/mol. The molecule has 0 aromatic carbocycles. The number of rotatable bonds is 3. The van der Waals surface area contributed by atoms with Crippen LogP contribution in [0.2, 0.25) is 0 Å². The van der Waals surface area contributed by atoms with Gasteiger partial charge in [0.1, 0.15) is 5.41 Å². The van der Waals surface area contributed by atoms with Crippen LogP contribution in [0.3, 0.4) is 0 Å². The number of carbonyl (C=O) groups is 3. The molecule has 0 aromatic heterocycles. The van der Waals surface area contributed by atoms with Gasteiger partial charge in [0.15, 0.2) is 0 Å². The first-order chi connectivity index (χ1) is 8.11. The van der Waals surface area contributed by atoms with Gasteiger partial charge in [-0.2, -0.15) is 0 Å². The van der Waals surface area contributed by atoms with E-state index in [1.807, 2.05) is 12.2 Å². The van der Waals surface area contributed by atoms with E-state index in [0.29, 0.717) is 0 Å². The van der Waals surface area contributed by atoms with Gasteiger partial charge in [0.2, 0.25) is 11.8 Å². The van der Waals surface area contributed by atoms with Crippen LogP contribution in [0.4, 0.5) is 4.79 Å². The van der Waals surface area contributed by atoms with Crippen LogP contribution < -0.4 is 10.6 Å². The van der Waals surface area contributed by atoms with Crippen molar-refractivity contribution in [2.45, 2.75) is 19.3 Å². The van der Waals surface area contributed by atoms with Crippen molar-refractivity contribution in [2.24, 2.45) is 11.3 Å². The third-order valence-corrected chi connectivity index (χ3v) is 3.38. The molecule has 5 nitrogen and oxygen atoms in total. The summed E-state index contributed by atoms with van der Waals surface area (Å²) < 4.78 is 0. The summed E-state index contributed by atoms with van der Waals surface area (Å²) in [6.45, 7) is 3.59. The number of amides is 4. The summed E-state index contributed by atoms with van der Waals surface area (Å²) in [4.78, 5) is 35.2. The zero-order valence-corrected chi connectivity index (χ0v) is 12.4. The van der Waals surface area contributed by atoms with Crippen molar-refractivity contribution in [2.75, 3.05) is 0 Å². The fourth-order valence-electron chi connectivity index (χ4n) is 2.51. The van der Waals surface area contributed by atoms with Gasteiger partial charge in [-0.15, -0.1) is 6.58 Å². The van der Waals surface area contributed by atoms with E-state index in [0.717, 1.165) is 12.8 Å². The summed E-state index contributed by atoms with van der Waals surface area (Å²) in [7, 11) is 0. The van der Waals surface area contributed by atoms with Crippen molar-refractivity contribution in [1.29, 1.82) is 0 Å². The second-order valence-corrected chi connectivity index (χ2v) is 4.31. The number of hydrogen-bond donors (Lipinski definition) is 2. The largest absolute Gasteiger partial charge is 0.328 e. The van der Waals surface area contributed by atoms with Gasteiger partial charge in [-0.3, -0.25) is 20.2 Å². The van der Waals surface area contributed by atoms with Crippen LogP contribution in [-0.2, 0) is 9.59 Å². The Morgan fingerprint density at radius 1 is 1.33 bits per heavy atom. The minimum Gasteiger partial charge on any atom is -0.277 e. The Hall–Kier alpha value is -0.910. The Labute approximate surface area is 127 Å². The summed E-state index contributed by atoms with van der Waals surface area (Å²) in [5.74, 6) is -1.22. The second-order valence-electron chi connectivity index (χ2n) is 4.31. The summed E-state index contributed by atoms with van der Waals surface area (Å²) >= 11 is 0. The molecule has 1 unspecified atom stereocenters. The number of carbonyl (C=O) groups excluding carboxylic acids is 3. The molecule has 1 saturated heterocycles. The molecular formula is C12H14N2NaO3. The number of allylic oxidation sites excluding steroid dienone is 3. The Morgan fingerprint density at radius 3 is 2.39 bits per heavy atom. The van der Waals surface area contributed by atoms with Crippen LogP contribution in [0.1, 0.15) is 19.3 Å². The van der Waals surface area contributed by atoms with Gasteiger partial charge in [0.05, 0.1) is 0 Å². The molecule has 91 valence electrons. The minimum atomic E-state index is -1.22. The van der Waals surface area contributed by atoms with Crippen LogP contribution >= 0.6 is 0 Å². The Balaban J connectivity index is 0.00000162. The van der Waals surface area contributed by atoms with Crippen molar-refractivity contribution < 1.29 is 14.4 Å². The molecule has 1 fully saturated rings. The molecule has 0 spiro atoms. The van der Waals surface area contributed by atoms with E-state index >= 15 is 0 Å². The van der Waals surface area contributed by atoms with Crippen LogP contribution in [0, 0.1) is 11.3 Å². The van der Waals surface area contributed by atoms with Crippen molar-refractivity contribution in [3.05, 3.63) is 24.8 Å². The van der Waals surface area contributed by atoms with E-state index in [9.17, 15) is 14.4 Å². The van der Waals surface area contributed by atoms with Crippen molar-refractivity contribution in [3.8, 4) is 0 Å². The average Bonchev–Trinajstić information content (AvgIpc) is 2.77. The molecule has 6 heteroatoms. The zero-order valence-electron chi connectivity index (χ0n) is 10.4. The van der Waals surface area contributed by atoms with E-state index in [4.69, 9.17) is 0 Å². The molecule has 1 aliphatic heterocycles. The molecule has 2 N–H and O–H groups in total. The Kier molecular flexibility index (Phi) is 4.90. The maximum Gasteiger partial charge on any atom is 0.328 e. The molecule has 0 bridgehead atoms. The molecule has 1 atom stereocenters. The fraction of sp³-hybridized carbons (Fsp3) is 0.417. The number of nitrogens with one attached hydrogen (secondary N) is 2. The molecular weight excluding hydrogens is 243 g/mol. The summed E-state index contributed by atoms with van der Waals surface area (Å²) in [6.07, 6.45) is 7.18. The first kappa shape index (κ1) is 15.1. The van der Waals surface area contributed by atoms with E-state index in [2.05, 4.69) is 17.2 Å². The van der Waals surface area contributed by atoms with Crippen LogP contribution in [-0.4, -0.2) is 47.4 Å². The van der Waals surface area contributed by atoms with Crippen molar-refractivity contribution in [1.82, 2.24) is 10.6 Å². The van der Waals surface area contributed by atoms with Crippen molar-refractivity contribution in [3.63, 3.8) is 0 Å². The summed E-state index contributed by atoms with van der Waals surface area (Å²) in [6, 6.07) is -0.748. The summed E-state index contributed by atoms with van der Waals surface area (Å²) in [5.41, 5.74) is -1.22. The first-order valence-corrected chi connectivity index (χ1v) is 5.55. The molecule has 1 heterocycles. The average molecular weight is 257 g/mol. The monoisotopic (exact) mass is 257 g/mol. The van der Waals surface area contributed by atoms with Crippen LogP contribution in [0.25, 0.3) is 0 Å². The SMILES string of the molecule is C=CCC1(C2C=CCC2)C(=O)NC(=O)NC1=O.[Na]. The Bertz CT molecular complexity index is 411. The fourth-order valence-corrected chi connectivity index (χ4v) is 2.51. The van der Waals surface area contributed by atoms with Gasteiger partial charge in [0, 0.05) is 35.5 Å². The number of hydrogen-bond acceptors (Lipinski definition) is 3. The number of imide groups is 2. The van der Waals surface area contributed by atoms with E-state index in [-0.39, 0.29) is 41.9 Å². The summed E-state index contributed by atoms with van der Waals surface area (Å²) in [5, 5.41) is 4.34. The molecule has 4 amide bonds. The number of barbiturate groups is 1. The molecule has 1 radical (unpaired) electrons. The molecule has 2 rings (SSSR count). The molecule has 18 heavy (non-hydrogen) atoms. The van der Waals surface area contributed by atoms with Gasteiger partial charge >= 0.3 is 6.03 Å². The smallest absolute Gasteiger partial charge is 0.277 e.